The molecule has 1 nitrogen and oxygen atoms in total. The van der Waals surface area contributed by atoms with Crippen molar-refractivity contribution >= 4 is 18.4 Å². The summed E-state index contributed by atoms with van der Waals surface area (Å²) >= 11 is 4.19. The fourth-order valence-electron chi connectivity index (χ4n) is 2.08. The number of ketones is 1. The third kappa shape index (κ3) is 15.7. The standard InChI is InChI=1S/C17H32OS/c1-2-3-4-8-11-14-17(18)15-12-9-6-5-7-10-13-16-19/h6,9,19H,2-5,7-8,10-16H2,1H3/b9-6-. The Bertz CT molecular complexity index is 223. The summed E-state index contributed by atoms with van der Waals surface area (Å²) < 4.78 is 0. The van der Waals surface area contributed by atoms with Crippen LogP contribution in [0.15, 0.2) is 12.2 Å². The van der Waals surface area contributed by atoms with Crippen LogP contribution in [0.5, 0.6) is 0 Å². The summed E-state index contributed by atoms with van der Waals surface area (Å²) in [6, 6.07) is 0. The second-order valence-electron chi connectivity index (χ2n) is 5.29. The fourth-order valence-corrected chi connectivity index (χ4v) is 2.31. The molecule has 0 saturated carbocycles. The molecule has 0 radical (unpaired) electrons. The molecule has 0 aliphatic carbocycles. The summed E-state index contributed by atoms with van der Waals surface area (Å²) in [5, 5.41) is 0. The van der Waals surface area contributed by atoms with Gasteiger partial charge in [-0.05, 0) is 37.9 Å². The highest BCUT2D eigenvalue weighted by molar-refractivity contribution is 7.80. The molecule has 0 amide bonds. The van der Waals surface area contributed by atoms with E-state index in [9.17, 15) is 4.79 Å². The molecule has 0 heterocycles. The van der Waals surface area contributed by atoms with Crippen LogP contribution in [-0.2, 0) is 4.79 Å². The van der Waals surface area contributed by atoms with Crippen molar-refractivity contribution in [2.75, 3.05) is 5.75 Å². The summed E-state index contributed by atoms with van der Waals surface area (Å²) in [5.74, 6) is 1.44. The van der Waals surface area contributed by atoms with Crippen molar-refractivity contribution in [2.45, 2.75) is 84.0 Å². The first-order valence-electron chi connectivity index (χ1n) is 8.08. The second-order valence-corrected chi connectivity index (χ2v) is 5.73. The van der Waals surface area contributed by atoms with E-state index >= 15 is 0 Å². The molecule has 112 valence electrons. The number of hydrogen-bond acceptors (Lipinski definition) is 2. The largest absolute Gasteiger partial charge is 0.300 e. The number of allylic oxidation sites excluding steroid dienone is 2. The zero-order valence-electron chi connectivity index (χ0n) is 12.7. The van der Waals surface area contributed by atoms with E-state index < -0.39 is 0 Å². The Hall–Kier alpha value is -0.240. The highest BCUT2D eigenvalue weighted by Crippen LogP contribution is 2.08. The minimum Gasteiger partial charge on any atom is -0.300 e. The van der Waals surface area contributed by atoms with Crippen LogP contribution in [0.3, 0.4) is 0 Å². The zero-order chi connectivity index (χ0) is 14.2. The topological polar surface area (TPSA) is 17.1 Å². The summed E-state index contributed by atoms with van der Waals surface area (Å²) in [6.07, 6.45) is 17.9. The lowest BCUT2D eigenvalue weighted by atomic mass is 10.1. The lowest BCUT2D eigenvalue weighted by molar-refractivity contribution is -0.119. The summed E-state index contributed by atoms with van der Waals surface area (Å²) in [7, 11) is 0. The van der Waals surface area contributed by atoms with E-state index in [4.69, 9.17) is 0 Å². The molecule has 0 unspecified atom stereocenters. The zero-order valence-corrected chi connectivity index (χ0v) is 13.6. The number of unbranched alkanes of at least 4 members (excludes halogenated alkanes) is 7. The average molecular weight is 285 g/mol. The maximum absolute atomic E-state index is 11.6. The number of hydrogen-bond donors (Lipinski definition) is 1. The third-order valence-electron chi connectivity index (χ3n) is 3.34. The quantitative estimate of drug-likeness (QED) is 0.244. The van der Waals surface area contributed by atoms with Crippen LogP contribution in [-0.4, -0.2) is 11.5 Å². The van der Waals surface area contributed by atoms with Crippen LogP contribution in [0.2, 0.25) is 0 Å². The molecule has 19 heavy (non-hydrogen) atoms. The van der Waals surface area contributed by atoms with Gasteiger partial charge in [0, 0.05) is 12.8 Å². The summed E-state index contributed by atoms with van der Waals surface area (Å²) in [4.78, 5) is 11.6. The second kappa shape index (κ2) is 15.8. The van der Waals surface area contributed by atoms with E-state index in [1.807, 2.05) is 0 Å². The molecule has 0 aliphatic heterocycles. The normalized spacial score (nSPS) is 11.3. The molecule has 0 rings (SSSR count). The van der Waals surface area contributed by atoms with Gasteiger partial charge in [0.05, 0.1) is 0 Å². The number of rotatable bonds is 14. The first-order valence-corrected chi connectivity index (χ1v) is 8.72. The van der Waals surface area contributed by atoms with Crippen LogP contribution < -0.4 is 0 Å². The lowest BCUT2D eigenvalue weighted by Gasteiger charge is -1.99. The van der Waals surface area contributed by atoms with Crippen LogP contribution >= 0.6 is 12.6 Å². The Kier molecular flexibility index (Phi) is 15.6. The van der Waals surface area contributed by atoms with E-state index in [-0.39, 0.29) is 0 Å². The van der Waals surface area contributed by atoms with Gasteiger partial charge in [0.2, 0.25) is 0 Å². The molecule has 0 bridgehead atoms. The van der Waals surface area contributed by atoms with Crippen molar-refractivity contribution in [3.05, 3.63) is 12.2 Å². The Morgan fingerprint density at radius 1 is 0.842 bits per heavy atom. The van der Waals surface area contributed by atoms with Gasteiger partial charge < -0.3 is 0 Å². The van der Waals surface area contributed by atoms with Gasteiger partial charge in [-0.1, -0.05) is 51.2 Å². The minimum absolute atomic E-state index is 0.441. The molecular formula is C17H32OS. The number of carbonyl (C=O) groups excluding carboxylic acids is 1. The van der Waals surface area contributed by atoms with E-state index in [0.717, 1.165) is 37.9 Å². The highest BCUT2D eigenvalue weighted by Gasteiger charge is 1.99. The molecule has 0 N–H and O–H groups in total. The Morgan fingerprint density at radius 3 is 2.26 bits per heavy atom. The first-order chi connectivity index (χ1) is 9.31. The summed E-state index contributed by atoms with van der Waals surface area (Å²) in [5.41, 5.74) is 0. The maximum Gasteiger partial charge on any atom is 0.133 e. The number of Topliss-reactive ketones (excluding diaryl/α,β-unsaturated/α-hetero) is 1. The van der Waals surface area contributed by atoms with Crippen molar-refractivity contribution in [1.82, 2.24) is 0 Å². The van der Waals surface area contributed by atoms with Gasteiger partial charge in [-0.3, -0.25) is 4.79 Å². The van der Waals surface area contributed by atoms with Crippen LogP contribution in [0, 0.1) is 0 Å². The van der Waals surface area contributed by atoms with E-state index in [0.29, 0.717) is 5.78 Å². The number of carbonyl (C=O) groups is 1. The van der Waals surface area contributed by atoms with Crippen LogP contribution in [0.4, 0.5) is 0 Å². The van der Waals surface area contributed by atoms with Gasteiger partial charge in [-0.2, -0.15) is 12.6 Å². The van der Waals surface area contributed by atoms with Crippen LogP contribution in [0.25, 0.3) is 0 Å². The van der Waals surface area contributed by atoms with Gasteiger partial charge in [-0.15, -0.1) is 0 Å². The van der Waals surface area contributed by atoms with Crippen molar-refractivity contribution in [3.63, 3.8) is 0 Å². The number of thiol groups is 1. The highest BCUT2D eigenvalue weighted by atomic mass is 32.1. The molecule has 0 saturated heterocycles. The van der Waals surface area contributed by atoms with Gasteiger partial charge in [0.25, 0.3) is 0 Å². The third-order valence-corrected chi connectivity index (χ3v) is 3.66. The molecule has 0 fully saturated rings. The van der Waals surface area contributed by atoms with Crippen molar-refractivity contribution in [2.24, 2.45) is 0 Å². The minimum atomic E-state index is 0.441. The van der Waals surface area contributed by atoms with Gasteiger partial charge in [0.1, 0.15) is 5.78 Å². The van der Waals surface area contributed by atoms with Crippen molar-refractivity contribution < 1.29 is 4.79 Å². The van der Waals surface area contributed by atoms with Crippen molar-refractivity contribution in [3.8, 4) is 0 Å². The van der Waals surface area contributed by atoms with E-state index in [2.05, 4.69) is 31.7 Å². The molecule has 0 atom stereocenters. The van der Waals surface area contributed by atoms with E-state index in [1.54, 1.807) is 0 Å². The van der Waals surface area contributed by atoms with Crippen molar-refractivity contribution in [1.29, 1.82) is 0 Å². The summed E-state index contributed by atoms with van der Waals surface area (Å²) in [6.45, 7) is 2.22. The predicted octanol–water partition coefficient (Wildman–Crippen LogP) is 5.74. The molecular weight excluding hydrogens is 252 g/mol. The fraction of sp³-hybridized carbons (Fsp3) is 0.824. The predicted molar refractivity (Wildman–Crippen MR) is 89.1 cm³/mol. The molecule has 0 spiro atoms. The Balaban J connectivity index is 3.25. The molecule has 0 aromatic rings. The molecule has 0 aromatic carbocycles. The average Bonchev–Trinajstić information content (AvgIpc) is 2.41. The maximum atomic E-state index is 11.6. The first kappa shape index (κ1) is 18.8. The van der Waals surface area contributed by atoms with Gasteiger partial charge in [-0.25, -0.2) is 0 Å². The monoisotopic (exact) mass is 284 g/mol. The smallest absolute Gasteiger partial charge is 0.133 e. The van der Waals surface area contributed by atoms with Crippen LogP contribution in [0.1, 0.15) is 84.0 Å². The Morgan fingerprint density at radius 2 is 1.53 bits per heavy atom. The lowest BCUT2D eigenvalue weighted by Crippen LogP contribution is -1.96. The molecule has 0 aromatic heterocycles. The van der Waals surface area contributed by atoms with Gasteiger partial charge in [0.15, 0.2) is 0 Å². The SMILES string of the molecule is CCCCCCCC(=O)CC/C=C\CCCCCS. The molecule has 0 aliphatic rings. The molecule has 2 heteroatoms. The van der Waals surface area contributed by atoms with E-state index in [1.165, 1.54) is 44.9 Å². The van der Waals surface area contributed by atoms with Gasteiger partial charge >= 0.3 is 0 Å². The Labute approximate surface area is 125 Å².